The minimum Gasteiger partial charge on any atom is -0.468 e. The standard InChI is InChI=1S/C17H32N2O2/c1-5-8-18-17(2,16(20)21-4)12-19(3)11-15-10-13-6-7-14(15)9-13/h13-15,18H,5-12H2,1-4H3. The average molecular weight is 296 g/mol. The van der Waals surface area contributed by atoms with Crippen LogP contribution < -0.4 is 5.32 Å². The summed E-state index contributed by atoms with van der Waals surface area (Å²) in [5.41, 5.74) is -0.600. The number of nitrogens with zero attached hydrogens (tertiary/aromatic N) is 1. The maximum Gasteiger partial charge on any atom is 0.327 e. The summed E-state index contributed by atoms with van der Waals surface area (Å²) in [4.78, 5) is 14.5. The van der Waals surface area contributed by atoms with Crippen LogP contribution in [0.5, 0.6) is 0 Å². The molecule has 2 rings (SSSR count). The van der Waals surface area contributed by atoms with E-state index in [0.717, 1.165) is 37.3 Å². The van der Waals surface area contributed by atoms with Crippen LogP contribution in [0.15, 0.2) is 0 Å². The number of likely N-dealkylation sites (N-methyl/N-ethyl adjacent to an activating group) is 1. The van der Waals surface area contributed by atoms with Gasteiger partial charge in [-0.15, -0.1) is 0 Å². The van der Waals surface area contributed by atoms with Crippen molar-refractivity contribution < 1.29 is 9.53 Å². The highest BCUT2D eigenvalue weighted by Gasteiger charge is 2.41. The Hall–Kier alpha value is -0.610. The van der Waals surface area contributed by atoms with Crippen molar-refractivity contribution in [2.75, 3.05) is 33.8 Å². The van der Waals surface area contributed by atoms with Gasteiger partial charge in [0.15, 0.2) is 0 Å². The summed E-state index contributed by atoms with van der Waals surface area (Å²) in [6.07, 6.45) is 6.73. The minimum atomic E-state index is -0.600. The van der Waals surface area contributed by atoms with Crippen molar-refractivity contribution in [1.29, 1.82) is 0 Å². The van der Waals surface area contributed by atoms with E-state index in [1.54, 1.807) is 0 Å². The van der Waals surface area contributed by atoms with Crippen LogP contribution in [0.25, 0.3) is 0 Å². The van der Waals surface area contributed by atoms with Gasteiger partial charge in [0, 0.05) is 13.1 Å². The lowest BCUT2D eigenvalue weighted by molar-refractivity contribution is -0.148. The van der Waals surface area contributed by atoms with E-state index in [9.17, 15) is 4.79 Å². The van der Waals surface area contributed by atoms with Crippen LogP contribution in [0.1, 0.15) is 46.0 Å². The Balaban J connectivity index is 1.88. The second-order valence-electron chi connectivity index (χ2n) is 7.38. The normalized spacial score (nSPS) is 30.6. The molecule has 4 nitrogen and oxygen atoms in total. The van der Waals surface area contributed by atoms with Gasteiger partial charge in [-0.2, -0.15) is 0 Å². The average Bonchev–Trinajstić information content (AvgIpc) is 3.06. The second-order valence-corrected chi connectivity index (χ2v) is 7.38. The maximum absolute atomic E-state index is 12.1. The van der Waals surface area contributed by atoms with Gasteiger partial charge in [0.2, 0.25) is 0 Å². The fourth-order valence-corrected chi connectivity index (χ4v) is 4.42. The Morgan fingerprint density at radius 2 is 2.14 bits per heavy atom. The number of hydrogen-bond acceptors (Lipinski definition) is 4. The molecule has 0 saturated heterocycles. The fourth-order valence-electron chi connectivity index (χ4n) is 4.42. The minimum absolute atomic E-state index is 0.157. The molecule has 4 heteroatoms. The quantitative estimate of drug-likeness (QED) is 0.698. The lowest BCUT2D eigenvalue weighted by atomic mass is 9.88. The Morgan fingerprint density at radius 3 is 2.67 bits per heavy atom. The van der Waals surface area contributed by atoms with E-state index in [-0.39, 0.29) is 5.97 Å². The number of hydrogen-bond donors (Lipinski definition) is 1. The van der Waals surface area contributed by atoms with Crippen molar-refractivity contribution in [3.8, 4) is 0 Å². The van der Waals surface area contributed by atoms with Gasteiger partial charge in [0.25, 0.3) is 0 Å². The van der Waals surface area contributed by atoms with Gasteiger partial charge in [-0.1, -0.05) is 13.3 Å². The molecule has 1 N–H and O–H groups in total. The zero-order valence-corrected chi connectivity index (χ0v) is 14.2. The van der Waals surface area contributed by atoms with Gasteiger partial charge >= 0.3 is 5.97 Å². The number of rotatable bonds is 8. The van der Waals surface area contributed by atoms with Crippen LogP contribution in [-0.2, 0) is 9.53 Å². The summed E-state index contributed by atoms with van der Waals surface area (Å²) >= 11 is 0. The Morgan fingerprint density at radius 1 is 1.38 bits per heavy atom. The van der Waals surface area contributed by atoms with Crippen molar-refractivity contribution >= 4 is 5.97 Å². The first-order valence-electron chi connectivity index (χ1n) is 8.50. The predicted octanol–water partition coefficient (Wildman–Crippen LogP) is 2.29. The molecule has 2 aliphatic rings. The van der Waals surface area contributed by atoms with Crippen LogP contribution in [0.3, 0.4) is 0 Å². The van der Waals surface area contributed by atoms with Gasteiger partial charge in [0.1, 0.15) is 5.54 Å². The van der Waals surface area contributed by atoms with Crippen molar-refractivity contribution in [2.45, 2.75) is 51.5 Å². The molecule has 0 aromatic rings. The molecule has 122 valence electrons. The first-order valence-corrected chi connectivity index (χ1v) is 8.50. The molecule has 0 radical (unpaired) electrons. The third-order valence-electron chi connectivity index (χ3n) is 5.42. The van der Waals surface area contributed by atoms with E-state index in [1.807, 2.05) is 6.92 Å². The molecule has 4 atom stereocenters. The summed E-state index contributed by atoms with van der Waals surface area (Å²) in [6.45, 7) is 6.75. The molecule has 0 aromatic carbocycles. The van der Waals surface area contributed by atoms with Gasteiger partial charge in [-0.25, -0.2) is 0 Å². The molecular weight excluding hydrogens is 264 g/mol. The van der Waals surface area contributed by atoms with Gasteiger partial charge < -0.3 is 15.0 Å². The van der Waals surface area contributed by atoms with Gasteiger partial charge in [0.05, 0.1) is 7.11 Å². The summed E-state index contributed by atoms with van der Waals surface area (Å²) in [7, 11) is 3.62. The van der Waals surface area contributed by atoms with Crippen LogP contribution in [-0.4, -0.2) is 50.2 Å². The fraction of sp³-hybridized carbons (Fsp3) is 0.941. The third-order valence-corrected chi connectivity index (χ3v) is 5.42. The first kappa shape index (κ1) is 16.8. The van der Waals surface area contributed by atoms with E-state index in [1.165, 1.54) is 32.8 Å². The van der Waals surface area contributed by atoms with Crippen LogP contribution in [0.4, 0.5) is 0 Å². The molecule has 0 aromatic heterocycles. The number of methoxy groups -OCH3 is 1. The smallest absolute Gasteiger partial charge is 0.327 e. The molecule has 0 heterocycles. The van der Waals surface area contributed by atoms with Crippen LogP contribution >= 0.6 is 0 Å². The van der Waals surface area contributed by atoms with E-state index < -0.39 is 5.54 Å². The molecule has 4 unspecified atom stereocenters. The van der Waals surface area contributed by atoms with Crippen LogP contribution in [0, 0.1) is 17.8 Å². The molecular formula is C17H32N2O2. The molecule has 2 fully saturated rings. The highest BCUT2D eigenvalue weighted by atomic mass is 16.5. The van der Waals surface area contributed by atoms with Crippen molar-refractivity contribution in [3.05, 3.63) is 0 Å². The zero-order valence-electron chi connectivity index (χ0n) is 14.2. The Labute approximate surface area is 129 Å². The van der Waals surface area contributed by atoms with E-state index >= 15 is 0 Å². The Kier molecular flexibility index (Phi) is 5.67. The molecule has 2 bridgehead atoms. The number of carbonyl (C=O) groups is 1. The Bertz CT molecular complexity index is 361. The number of nitrogens with one attached hydrogen (secondary N) is 1. The number of ether oxygens (including phenoxy) is 1. The summed E-state index contributed by atoms with van der Waals surface area (Å²) in [5.74, 6) is 2.60. The highest BCUT2D eigenvalue weighted by Crippen LogP contribution is 2.48. The summed E-state index contributed by atoms with van der Waals surface area (Å²) < 4.78 is 5.00. The van der Waals surface area contributed by atoms with Crippen molar-refractivity contribution in [1.82, 2.24) is 10.2 Å². The monoisotopic (exact) mass is 296 g/mol. The number of esters is 1. The van der Waals surface area contributed by atoms with Crippen LogP contribution in [0.2, 0.25) is 0 Å². The van der Waals surface area contributed by atoms with E-state index in [4.69, 9.17) is 4.74 Å². The van der Waals surface area contributed by atoms with E-state index in [0.29, 0.717) is 6.54 Å². The van der Waals surface area contributed by atoms with Gasteiger partial charge in [-0.05, 0) is 64.0 Å². The van der Waals surface area contributed by atoms with Crippen molar-refractivity contribution in [2.24, 2.45) is 17.8 Å². The molecule has 2 aliphatic carbocycles. The molecule has 0 spiro atoms. The lowest BCUT2D eigenvalue weighted by Gasteiger charge is -2.34. The first-order chi connectivity index (χ1) is 9.98. The second kappa shape index (κ2) is 7.10. The topological polar surface area (TPSA) is 41.6 Å². The molecule has 0 aliphatic heterocycles. The van der Waals surface area contributed by atoms with Crippen molar-refractivity contribution in [3.63, 3.8) is 0 Å². The van der Waals surface area contributed by atoms with Gasteiger partial charge in [-0.3, -0.25) is 4.79 Å². The number of fused-ring (bicyclic) bond motifs is 2. The summed E-state index contributed by atoms with van der Waals surface area (Å²) in [5, 5.41) is 3.37. The maximum atomic E-state index is 12.1. The molecule has 2 saturated carbocycles. The largest absolute Gasteiger partial charge is 0.468 e. The summed E-state index contributed by atoms with van der Waals surface area (Å²) in [6, 6.07) is 0. The molecule has 21 heavy (non-hydrogen) atoms. The molecule has 0 amide bonds. The highest BCUT2D eigenvalue weighted by molar-refractivity contribution is 5.80. The number of carbonyl (C=O) groups excluding carboxylic acids is 1. The zero-order chi connectivity index (χ0) is 15.5. The third kappa shape index (κ3) is 3.98. The predicted molar refractivity (Wildman–Crippen MR) is 85.1 cm³/mol. The lowest BCUT2D eigenvalue weighted by Crippen LogP contribution is -2.57. The van der Waals surface area contributed by atoms with E-state index in [2.05, 4.69) is 24.2 Å². The SMILES string of the molecule is CCCNC(C)(CN(C)CC1CC2CCC1C2)C(=O)OC.